The summed E-state index contributed by atoms with van der Waals surface area (Å²) in [6.45, 7) is 6.27. The van der Waals surface area contributed by atoms with Crippen LogP contribution in [0.3, 0.4) is 0 Å². The second kappa shape index (κ2) is 6.83. The van der Waals surface area contributed by atoms with Crippen molar-refractivity contribution in [2.24, 2.45) is 5.73 Å². The molecule has 0 bridgehead atoms. The number of benzene rings is 1. The number of hydrogen-bond donors (Lipinski definition) is 1. The molecule has 21 heavy (non-hydrogen) atoms. The minimum Gasteiger partial charge on any atom is -0.379 e. The maximum atomic E-state index is 13.4. The van der Waals surface area contributed by atoms with Crippen molar-refractivity contribution in [2.75, 3.05) is 45.9 Å². The molecule has 2 atom stereocenters. The lowest BCUT2D eigenvalue weighted by atomic mass is 10.1. The van der Waals surface area contributed by atoms with E-state index in [2.05, 4.69) is 9.80 Å². The van der Waals surface area contributed by atoms with E-state index in [1.54, 1.807) is 12.1 Å². The number of morpholine rings is 1. The summed E-state index contributed by atoms with van der Waals surface area (Å²) in [5.41, 5.74) is 6.95. The summed E-state index contributed by atoms with van der Waals surface area (Å²) in [5, 5.41) is 0. The summed E-state index contributed by atoms with van der Waals surface area (Å²) >= 11 is 0. The molecule has 2 aliphatic heterocycles. The van der Waals surface area contributed by atoms with Gasteiger partial charge in [-0.3, -0.25) is 9.80 Å². The number of nitrogens with zero attached hydrogens (tertiary/aromatic N) is 2. The van der Waals surface area contributed by atoms with Crippen LogP contribution in [0.5, 0.6) is 0 Å². The van der Waals surface area contributed by atoms with Crippen molar-refractivity contribution in [3.63, 3.8) is 0 Å². The Morgan fingerprint density at radius 2 is 2.10 bits per heavy atom. The molecule has 1 aromatic carbocycles. The molecule has 0 aliphatic carbocycles. The van der Waals surface area contributed by atoms with E-state index >= 15 is 0 Å². The topological polar surface area (TPSA) is 41.7 Å². The third kappa shape index (κ3) is 3.43. The van der Waals surface area contributed by atoms with E-state index in [0.717, 1.165) is 51.4 Å². The van der Waals surface area contributed by atoms with Gasteiger partial charge < -0.3 is 10.5 Å². The number of likely N-dealkylation sites (tertiary alicyclic amines) is 1. The first-order chi connectivity index (χ1) is 10.3. The standard InChI is InChI=1S/C16H24FN3O/c17-14-3-1-2-13(10-14)16(11-18)20-5-4-15(12-20)19-6-8-21-9-7-19/h1-3,10,15-16H,4-9,11-12,18H2. The van der Waals surface area contributed by atoms with Crippen LogP contribution >= 0.6 is 0 Å². The van der Waals surface area contributed by atoms with Gasteiger partial charge in [-0.25, -0.2) is 4.39 Å². The largest absolute Gasteiger partial charge is 0.379 e. The van der Waals surface area contributed by atoms with Crippen molar-refractivity contribution < 1.29 is 9.13 Å². The van der Waals surface area contributed by atoms with Crippen LogP contribution in [0.15, 0.2) is 24.3 Å². The van der Waals surface area contributed by atoms with Gasteiger partial charge in [0.05, 0.1) is 13.2 Å². The van der Waals surface area contributed by atoms with Crippen LogP contribution in [0.4, 0.5) is 4.39 Å². The highest BCUT2D eigenvalue weighted by Crippen LogP contribution is 2.27. The fraction of sp³-hybridized carbons (Fsp3) is 0.625. The van der Waals surface area contributed by atoms with Gasteiger partial charge in [-0.2, -0.15) is 0 Å². The smallest absolute Gasteiger partial charge is 0.123 e. The molecule has 5 heteroatoms. The molecular formula is C16H24FN3O. The van der Waals surface area contributed by atoms with E-state index < -0.39 is 0 Å². The second-order valence-electron chi connectivity index (χ2n) is 5.89. The maximum absolute atomic E-state index is 13.4. The molecule has 2 saturated heterocycles. The molecule has 0 aromatic heterocycles. The fourth-order valence-corrected chi connectivity index (χ4v) is 3.50. The second-order valence-corrected chi connectivity index (χ2v) is 5.89. The van der Waals surface area contributed by atoms with Crippen LogP contribution < -0.4 is 5.73 Å². The van der Waals surface area contributed by atoms with Crippen LogP contribution in [0.1, 0.15) is 18.0 Å². The van der Waals surface area contributed by atoms with Gasteiger partial charge in [0, 0.05) is 44.8 Å². The molecule has 2 N–H and O–H groups in total. The van der Waals surface area contributed by atoms with Gasteiger partial charge in [0.2, 0.25) is 0 Å². The van der Waals surface area contributed by atoms with Gasteiger partial charge in [-0.15, -0.1) is 0 Å². The molecule has 1 aromatic rings. The molecule has 116 valence electrons. The van der Waals surface area contributed by atoms with Gasteiger partial charge in [0.15, 0.2) is 0 Å². The SMILES string of the molecule is NCC(c1cccc(F)c1)N1CCC(N2CCOCC2)C1. The Morgan fingerprint density at radius 1 is 1.29 bits per heavy atom. The van der Waals surface area contributed by atoms with E-state index in [-0.39, 0.29) is 11.9 Å². The Kier molecular flexibility index (Phi) is 4.85. The molecular weight excluding hydrogens is 269 g/mol. The van der Waals surface area contributed by atoms with Crippen LogP contribution in [-0.4, -0.2) is 61.8 Å². The van der Waals surface area contributed by atoms with Crippen molar-refractivity contribution >= 4 is 0 Å². The third-order valence-electron chi connectivity index (χ3n) is 4.65. The predicted molar refractivity (Wildman–Crippen MR) is 80.6 cm³/mol. The highest BCUT2D eigenvalue weighted by Gasteiger charge is 2.32. The monoisotopic (exact) mass is 293 g/mol. The Hall–Kier alpha value is -1.01. The van der Waals surface area contributed by atoms with E-state index in [1.165, 1.54) is 6.07 Å². The average Bonchev–Trinajstić information content (AvgIpc) is 2.99. The van der Waals surface area contributed by atoms with Gasteiger partial charge in [-0.1, -0.05) is 12.1 Å². The molecule has 3 rings (SSSR count). The van der Waals surface area contributed by atoms with Crippen molar-refractivity contribution in [1.29, 1.82) is 0 Å². The lowest BCUT2D eigenvalue weighted by Crippen LogP contribution is -2.45. The molecule has 0 saturated carbocycles. The predicted octanol–water partition coefficient (Wildman–Crippen LogP) is 1.23. The minimum atomic E-state index is -0.185. The average molecular weight is 293 g/mol. The van der Waals surface area contributed by atoms with Crippen molar-refractivity contribution in [3.05, 3.63) is 35.6 Å². The highest BCUT2D eigenvalue weighted by atomic mass is 19.1. The normalized spacial score (nSPS) is 26.1. The Balaban J connectivity index is 1.65. The lowest BCUT2D eigenvalue weighted by molar-refractivity contribution is 0.0176. The summed E-state index contributed by atoms with van der Waals surface area (Å²) < 4.78 is 18.9. The van der Waals surface area contributed by atoms with Crippen LogP contribution in [0.25, 0.3) is 0 Å². The van der Waals surface area contributed by atoms with Crippen LogP contribution in [-0.2, 0) is 4.74 Å². The van der Waals surface area contributed by atoms with E-state index in [9.17, 15) is 4.39 Å². The van der Waals surface area contributed by atoms with Crippen LogP contribution in [0.2, 0.25) is 0 Å². The molecule has 0 amide bonds. The maximum Gasteiger partial charge on any atom is 0.123 e. The number of nitrogens with two attached hydrogens (primary N) is 1. The van der Waals surface area contributed by atoms with Crippen molar-refractivity contribution in [2.45, 2.75) is 18.5 Å². The van der Waals surface area contributed by atoms with E-state index in [4.69, 9.17) is 10.5 Å². The summed E-state index contributed by atoms with van der Waals surface area (Å²) in [6, 6.07) is 7.53. The number of hydrogen-bond acceptors (Lipinski definition) is 4. The highest BCUT2D eigenvalue weighted by molar-refractivity contribution is 5.21. The third-order valence-corrected chi connectivity index (χ3v) is 4.65. The minimum absolute atomic E-state index is 0.117. The number of halogens is 1. The molecule has 0 radical (unpaired) electrons. The van der Waals surface area contributed by atoms with E-state index in [1.807, 2.05) is 6.07 Å². The van der Waals surface area contributed by atoms with Gasteiger partial charge in [-0.05, 0) is 24.1 Å². The molecule has 2 fully saturated rings. The Labute approximate surface area is 125 Å². The lowest BCUT2D eigenvalue weighted by Gasteiger charge is -2.33. The molecule has 4 nitrogen and oxygen atoms in total. The summed E-state index contributed by atoms with van der Waals surface area (Å²) in [5.74, 6) is -0.185. The summed E-state index contributed by atoms with van der Waals surface area (Å²) in [7, 11) is 0. The first-order valence-electron chi connectivity index (χ1n) is 7.79. The molecule has 0 spiro atoms. The first-order valence-corrected chi connectivity index (χ1v) is 7.79. The van der Waals surface area contributed by atoms with Gasteiger partial charge in [0.1, 0.15) is 5.82 Å². The molecule has 2 unspecified atom stereocenters. The zero-order valence-electron chi connectivity index (χ0n) is 12.4. The zero-order chi connectivity index (χ0) is 14.7. The number of ether oxygens (including phenoxy) is 1. The summed E-state index contributed by atoms with van der Waals surface area (Å²) in [6.07, 6.45) is 1.16. The molecule has 2 heterocycles. The molecule has 2 aliphatic rings. The van der Waals surface area contributed by atoms with Crippen molar-refractivity contribution in [1.82, 2.24) is 9.80 Å². The summed E-state index contributed by atoms with van der Waals surface area (Å²) in [4.78, 5) is 4.91. The quantitative estimate of drug-likeness (QED) is 0.907. The number of rotatable bonds is 4. The van der Waals surface area contributed by atoms with Gasteiger partial charge in [0.25, 0.3) is 0 Å². The van der Waals surface area contributed by atoms with Crippen molar-refractivity contribution in [3.8, 4) is 0 Å². The van der Waals surface area contributed by atoms with Gasteiger partial charge >= 0.3 is 0 Å². The Bertz CT molecular complexity index is 465. The van der Waals surface area contributed by atoms with E-state index in [0.29, 0.717) is 12.6 Å². The van der Waals surface area contributed by atoms with Crippen LogP contribution in [0, 0.1) is 5.82 Å². The zero-order valence-corrected chi connectivity index (χ0v) is 12.4. The fourth-order valence-electron chi connectivity index (χ4n) is 3.50. The Morgan fingerprint density at radius 3 is 2.81 bits per heavy atom. The first kappa shape index (κ1) is 14.9.